The summed E-state index contributed by atoms with van der Waals surface area (Å²) in [6, 6.07) is 0. The number of hydrogen-bond acceptors (Lipinski definition) is 1. The molecule has 2 nitrogen and oxygen atoms in total. The first kappa shape index (κ1) is 9.04. The summed E-state index contributed by atoms with van der Waals surface area (Å²) < 4.78 is 0. The van der Waals surface area contributed by atoms with Crippen molar-refractivity contribution in [3.63, 3.8) is 0 Å². The molecule has 1 rings (SSSR count). The van der Waals surface area contributed by atoms with Crippen LogP contribution in [0.4, 0.5) is 0 Å². The molecule has 0 atom stereocenters. The second-order valence-corrected chi connectivity index (χ2v) is 3.14. The molecule has 0 aromatic heterocycles. The van der Waals surface area contributed by atoms with Gasteiger partial charge >= 0.3 is 5.97 Å². The van der Waals surface area contributed by atoms with E-state index in [1.165, 1.54) is 0 Å². The van der Waals surface area contributed by atoms with Crippen LogP contribution in [0.25, 0.3) is 0 Å². The summed E-state index contributed by atoms with van der Waals surface area (Å²) in [5, 5.41) is 9.02. The Bertz CT molecular complexity index is 214. The highest BCUT2D eigenvalue weighted by Crippen LogP contribution is 2.30. The van der Waals surface area contributed by atoms with Crippen molar-refractivity contribution >= 4 is 5.97 Å². The second kappa shape index (κ2) is 3.57. The van der Waals surface area contributed by atoms with Crippen LogP contribution in [0.5, 0.6) is 0 Å². The van der Waals surface area contributed by atoms with E-state index in [2.05, 4.69) is 0 Å². The van der Waals surface area contributed by atoms with E-state index in [-0.39, 0.29) is 0 Å². The first-order chi connectivity index (χ1) is 5.71. The fourth-order valence-electron chi connectivity index (χ4n) is 1.52. The normalized spacial score (nSPS) is 19.4. The highest BCUT2D eigenvalue weighted by molar-refractivity contribution is 5.79. The van der Waals surface area contributed by atoms with Gasteiger partial charge in [0.15, 0.2) is 0 Å². The van der Waals surface area contributed by atoms with Gasteiger partial charge in [-0.15, -0.1) is 0 Å². The minimum Gasteiger partial charge on any atom is -0.480 e. The third kappa shape index (κ3) is 1.58. The molecule has 0 unspecified atom stereocenters. The van der Waals surface area contributed by atoms with Crippen LogP contribution in [0.3, 0.4) is 0 Å². The maximum Gasteiger partial charge on any atom is 0.317 e. The van der Waals surface area contributed by atoms with E-state index in [1.807, 2.05) is 19.1 Å². The molecule has 2 heteroatoms. The van der Waals surface area contributed by atoms with E-state index in [1.54, 1.807) is 12.2 Å². The lowest BCUT2D eigenvalue weighted by atomic mass is 9.80. The lowest BCUT2D eigenvalue weighted by Gasteiger charge is -2.23. The number of allylic oxidation sites excluding steroid dienone is 2. The molecule has 0 aromatic rings. The average molecular weight is 166 g/mol. The van der Waals surface area contributed by atoms with Gasteiger partial charge in [0, 0.05) is 0 Å². The number of carbonyl (C=O) groups is 1. The summed E-state index contributed by atoms with van der Waals surface area (Å²) in [7, 11) is 0. The van der Waals surface area contributed by atoms with Gasteiger partial charge in [-0.1, -0.05) is 37.6 Å². The molecule has 12 heavy (non-hydrogen) atoms. The van der Waals surface area contributed by atoms with Crippen LogP contribution in [-0.2, 0) is 4.79 Å². The molecule has 1 N–H and O–H groups in total. The number of rotatable bonds is 3. The van der Waals surface area contributed by atoms with E-state index < -0.39 is 11.4 Å². The first-order valence-corrected chi connectivity index (χ1v) is 4.30. The second-order valence-electron chi connectivity index (χ2n) is 3.14. The van der Waals surface area contributed by atoms with Gasteiger partial charge in [0.25, 0.3) is 0 Å². The number of carboxylic acids is 1. The molecule has 1 aliphatic rings. The van der Waals surface area contributed by atoms with Crippen molar-refractivity contribution in [2.45, 2.75) is 26.2 Å². The minimum atomic E-state index is -0.739. The van der Waals surface area contributed by atoms with E-state index >= 15 is 0 Å². The summed E-state index contributed by atoms with van der Waals surface area (Å²) in [4.78, 5) is 11.0. The number of hydrogen-bond donors (Lipinski definition) is 1. The predicted molar refractivity (Wildman–Crippen MR) is 47.9 cm³/mol. The molecule has 0 bridgehead atoms. The maximum absolute atomic E-state index is 11.0. The molecule has 1 aliphatic carbocycles. The molecule has 66 valence electrons. The van der Waals surface area contributed by atoms with Crippen LogP contribution >= 0.6 is 0 Å². The Kier molecular flexibility index (Phi) is 2.69. The predicted octanol–water partition coefficient (Wildman–Crippen LogP) is 2.37. The van der Waals surface area contributed by atoms with E-state index in [9.17, 15) is 4.79 Å². The van der Waals surface area contributed by atoms with Gasteiger partial charge in [-0.3, -0.25) is 4.79 Å². The average Bonchev–Trinajstić information content (AvgIpc) is 2.06. The van der Waals surface area contributed by atoms with Crippen molar-refractivity contribution < 1.29 is 9.90 Å². The molecule has 0 heterocycles. The SMILES string of the molecule is CCCC1(C(=O)O)C=CCC=C1. The quantitative estimate of drug-likeness (QED) is 0.653. The van der Waals surface area contributed by atoms with Crippen molar-refractivity contribution in [3.05, 3.63) is 24.3 Å². The first-order valence-electron chi connectivity index (χ1n) is 4.30. The molecule has 0 amide bonds. The Labute approximate surface area is 72.6 Å². The van der Waals surface area contributed by atoms with Crippen LogP contribution in [0, 0.1) is 5.41 Å². The van der Waals surface area contributed by atoms with Gasteiger partial charge in [-0.2, -0.15) is 0 Å². The van der Waals surface area contributed by atoms with Crippen molar-refractivity contribution in [1.82, 2.24) is 0 Å². The molecule has 0 saturated heterocycles. The molecule has 0 aliphatic heterocycles. The van der Waals surface area contributed by atoms with Gasteiger partial charge in [-0.05, 0) is 12.8 Å². The van der Waals surface area contributed by atoms with Gasteiger partial charge in [0.05, 0.1) is 0 Å². The highest BCUT2D eigenvalue weighted by atomic mass is 16.4. The van der Waals surface area contributed by atoms with Crippen molar-refractivity contribution in [2.24, 2.45) is 5.41 Å². The summed E-state index contributed by atoms with van der Waals surface area (Å²) in [6.07, 6.45) is 9.89. The fraction of sp³-hybridized carbons (Fsp3) is 0.500. The van der Waals surface area contributed by atoms with Crippen LogP contribution in [0.15, 0.2) is 24.3 Å². The molecular formula is C10H14O2. The zero-order chi connectivity index (χ0) is 9.03. The molecule has 0 radical (unpaired) electrons. The van der Waals surface area contributed by atoms with E-state index in [0.29, 0.717) is 6.42 Å². The molecule has 0 fully saturated rings. The molecule has 0 aromatic carbocycles. The third-order valence-corrected chi connectivity index (χ3v) is 2.16. The van der Waals surface area contributed by atoms with Crippen LogP contribution in [-0.4, -0.2) is 11.1 Å². The van der Waals surface area contributed by atoms with Gasteiger partial charge < -0.3 is 5.11 Å². The number of aliphatic carboxylic acids is 1. The molecule has 0 spiro atoms. The Hall–Kier alpha value is -1.05. The minimum absolute atomic E-state index is 0.690. The van der Waals surface area contributed by atoms with Gasteiger partial charge in [-0.25, -0.2) is 0 Å². The van der Waals surface area contributed by atoms with Gasteiger partial charge in [0.1, 0.15) is 5.41 Å². The Morgan fingerprint density at radius 1 is 1.50 bits per heavy atom. The van der Waals surface area contributed by atoms with E-state index in [0.717, 1.165) is 12.8 Å². The Balaban J connectivity index is 2.85. The lowest BCUT2D eigenvalue weighted by Crippen LogP contribution is -2.27. The highest BCUT2D eigenvalue weighted by Gasteiger charge is 2.32. The van der Waals surface area contributed by atoms with Gasteiger partial charge in [0.2, 0.25) is 0 Å². The lowest BCUT2D eigenvalue weighted by molar-refractivity contribution is -0.144. The van der Waals surface area contributed by atoms with E-state index in [4.69, 9.17) is 5.11 Å². The zero-order valence-corrected chi connectivity index (χ0v) is 7.29. The standard InChI is InChI=1S/C10H14O2/c1-2-6-10(9(11)12)7-4-3-5-8-10/h4-5,7-8H,2-3,6H2,1H3,(H,11,12). The zero-order valence-electron chi connectivity index (χ0n) is 7.29. The largest absolute Gasteiger partial charge is 0.480 e. The third-order valence-electron chi connectivity index (χ3n) is 2.16. The molecular weight excluding hydrogens is 152 g/mol. The summed E-state index contributed by atoms with van der Waals surface area (Å²) >= 11 is 0. The fourth-order valence-corrected chi connectivity index (χ4v) is 1.52. The summed E-state index contributed by atoms with van der Waals surface area (Å²) in [5.74, 6) is -0.739. The van der Waals surface area contributed by atoms with Crippen LogP contribution in [0.1, 0.15) is 26.2 Å². The molecule has 0 saturated carbocycles. The number of carboxylic acid groups (broad SMARTS) is 1. The Morgan fingerprint density at radius 2 is 2.08 bits per heavy atom. The topological polar surface area (TPSA) is 37.3 Å². The van der Waals surface area contributed by atoms with Crippen LogP contribution in [0.2, 0.25) is 0 Å². The van der Waals surface area contributed by atoms with Crippen molar-refractivity contribution in [3.8, 4) is 0 Å². The summed E-state index contributed by atoms with van der Waals surface area (Å²) in [6.45, 7) is 2.00. The Morgan fingerprint density at radius 3 is 2.50 bits per heavy atom. The van der Waals surface area contributed by atoms with Crippen molar-refractivity contribution in [2.75, 3.05) is 0 Å². The van der Waals surface area contributed by atoms with Crippen molar-refractivity contribution in [1.29, 1.82) is 0 Å². The van der Waals surface area contributed by atoms with Crippen LogP contribution < -0.4 is 0 Å². The smallest absolute Gasteiger partial charge is 0.317 e. The maximum atomic E-state index is 11.0. The summed E-state index contributed by atoms with van der Waals surface area (Å²) in [5.41, 5.74) is -0.715. The monoisotopic (exact) mass is 166 g/mol.